The maximum absolute atomic E-state index is 12.2. The van der Waals surface area contributed by atoms with Crippen LogP contribution in [0.1, 0.15) is 22.5 Å². The Labute approximate surface area is 243 Å². The van der Waals surface area contributed by atoms with Crippen LogP contribution in [0.2, 0.25) is 0 Å². The Morgan fingerprint density at radius 3 is 2.55 bits per heavy atom. The molecule has 0 amide bonds. The maximum Gasteiger partial charge on any atom is 0.326 e. The van der Waals surface area contributed by atoms with E-state index in [1.165, 1.54) is 0 Å². The summed E-state index contributed by atoms with van der Waals surface area (Å²) < 4.78 is 1.88. The average Bonchev–Trinajstić information content (AvgIpc) is 3.41. The van der Waals surface area contributed by atoms with Gasteiger partial charge in [-0.15, -0.1) is 0 Å². The highest BCUT2D eigenvalue weighted by Crippen LogP contribution is 2.20. The number of nitriles is 1. The molecule has 5 N–H and O–H groups in total. The number of rotatable bonds is 12. The summed E-state index contributed by atoms with van der Waals surface area (Å²) in [5, 5.41) is 31.8. The van der Waals surface area contributed by atoms with Crippen molar-refractivity contribution in [3.05, 3.63) is 83.4 Å². The first-order valence-corrected chi connectivity index (χ1v) is 13.7. The predicted molar refractivity (Wildman–Crippen MR) is 158 cm³/mol. The smallest absolute Gasteiger partial charge is 0.326 e. The molecule has 13 heteroatoms. The van der Waals surface area contributed by atoms with Gasteiger partial charge in [0.15, 0.2) is 0 Å². The van der Waals surface area contributed by atoms with Crippen molar-refractivity contribution in [1.29, 1.82) is 5.26 Å². The van der Waals surface area contributed by atoms with E-state index in [2.05, 4.69) is 64.3 Å². The summed E-state index contributed by atoms with van der Waals surface area (Å²) in [6, 6.07) is 15.9. The molecule has 3 heterocycles. The van der Waals surface area contributed by atoms with Gasteiger partial charge in [-0.1, -0.05) is 24.3 Å². The largest absolute Gasteiger partial charge is 0.480 e. The van der Waals surface area contributed by atoms with Crippen LogP contribution >= 0.6 is 0 Å². The van der Waals surface area contributed by atoms with Crippen LogP contribution in [-0.2, 0) is 31.4 Å². The van der Waals surface area contributed by atoms with Gasteiger partial charge >= 0.3 is 5.97 Å². The predicted octanol–water partition coefficient (Wildman–Crippen LogP) is 2.35. The lowest BCUT2D eigenvalue weighted by molar-refractivity contribution is -0.137. The van der Waals surface area contributed by atoms with E-state index in [4.69, 9.17) is 5.26 Å². The van der Waals surface area contributed by atoms with E-state index in [1.807, 2.05) is 29.9 Å². The molecule has 42 heavy (non-hydrogen) atoms. The standard InChI is InChI=1S/C29H33N11O2/c1-39-12-11-32-25(39)18-33-27-36-28(34-23-4-2-3-22(15-23)19-40-13-9-31-10-14-40)38-29(37-27)35-24(26(41)42)16-20-5-7-21(17-30)8-6-20/h2-8,11-12,15,24,31H,9-10,13-14,16,18-19H2,1H3,(H,41,42)(H3,33,34,35,36,37,38). The van der Waals surface area contributed by atoms with E-state index in [0.717, 1.165) is 55.4 Å². The van der Waals surface area contributed by atoms with E-state index in [-0.39, 0.29) is 24.3 Å². The van der Waals surface area contributed by atoms with Gasteiger partial charge in [0.25, 0.3) is 0 Å². The van der Waals surface area contributed by atoms with Crippen molar-refractivity contribution in [2.75, 3.05) is 42.1 Å². The molecule has 1 saturated heterocycles. The lowest BCUT2D eigenvalue weighted by Gasteiger charge is -2.27. The van der Waals surface area contributed by atoms with E-state index in [1.54, 1.807) is 30.5 Å². The summed E-state index contributed by atoms with van der Waals surface area (Å²) in [6.07, 6.45) is 3.72. The van der Waals surface area contributed by atoms with E-state index < -0.39 is 12.0 Å². The molecule has 2 aromatic heterocycles. The molecule has 1 aliphatic heterocycles. The molecular weight excluding hydrogens is 534 g/mol. The molecule has 0 radical (unpaired) electrons. The number of hydrogen-bond acceptors (Lipinski definition) is 11. The van der Waals surface area contributed by atoms with Gasteiger partial charge < -0.3 is 30.9 Å². The molecule has 1 atom stereocenters. The minimum atomic E-state index is -1.06. The lowest BCUT2D eigenvalue weighted by atomic mass is 10.0. The first-order chi connectivity index (χ1) is 20.4. The van der Waals surface area contributed by atoms with Crippen LogP contribution in [0.4, 0.5) is 23.5 Å². The maximum atomic E-state index is 12.2. The first kappa shape index (κ1) is 28.5. The van der Waals surface area contributed by atoms with Crippen molar-refractivity contribution in [3.63, 3.8) is 0 Å². The van der Waals surface area contributed by atoms with Crippen LogP contribution in [0.5, 0.6) is 0 Å². The summed E-state index contributed by atoms with van der Waals surface area (Å²) in [5.74, 6) is 0.351. The fourth-order valence-electron chi connectivity index (χ4n) is 4.61. The Balaban J connectivity index is 1.36. The summed E-state index contributed by atoms with van der Waals surface area (Å²) in [6.45, 7) is 5.16. The molecule has 0 bridgehead atoms. The van der Waals surface area contributed by atoms with Crippen LogP contribution in [-0.4, -0.2) is 72.7 Å². The molecular formula is C29H33N11O2. The van der Waals surface area contributed by atoms with Gasteiger partial charge in [-0.25, -0.2) is 9.78 Å². The van der Waals surface area contributed by atoms with E-state index in [9.17, 15) is 9.90 Å². The molecule has 0 spiro atoms. The number of hydrogen-bond donors (Lipinski definition) is 5. The quantitative estimate of drug-likeness (QED) is 0.170. The number of carbonyl (C=O) groups is 1. The number of aromatic nitrogens is 5. The molecule has 0 saturated carbocycles. The zero-order valence-corrected chi connectivity index (χ0v) is 23.3. The number of imidazole rings is 1. The van der Waals surface area contributed by atoms with Crippen LogP contribution in [0.3, 0.4) is 0 Å². The van der Waals surface area contributed by atoms with Gasteiger partial charge in [0.1, 0.15) is 11.9 Å². The third kappa shape index (κ3) is 7.78. The Bertz CT molecular complexity index is 1540. The van der Waals surface area contributed by atoms with Crippen LogP contribution in [0.25, 0.3) is 0 Å². The van der Waals surface area contributed by atoms with Gasteiger partial charge in [-0.2, -0.15) is 20.2 Å². The van der Waals surface area contributed by atoms with Gasteiger partial charge in [-0.3, -0.25) is 4.90 Å². The molecule has 13 nitrogen and oxygen atoms in total. The number of benzene rings is 2. The second-order valence-corrected chi connectivity index (χ2v) is 10.0. The van der Waals surface area contributed by atoms with Gasteiger partial charge in [-0.05, 0) is 35.4 Å². The average molecular weight is 568 g/mol. The van der Waals surface area contributed by atoms with Gasteiger partial charge in [0.2, 0.25) is 17.8 Å². The molecule has 1 aliphatic rings. The number of aryl methyl sites for hydroxylation is 1. The van der Waals surface area contributed by atoms with Gasteiger partial charge in [0, 0.05) is 64.3 Å². The minimum absolute atomic E-state index is 0.104. The fraction of sp³-hybridized carbons (Fsp3) is 0.310. The number of piperazine rings is 1. The zero-order valence-electron chi connectivity index (χ0n) is 23.3. The van der Waals surface area contributed by atoms with Crippen molar-refractivity contribution in [3.8, 4) is 6.07 Å². The Morgan fingerprint density at radius 2 is 1.83 bits per heavy atom. The second-order valence-electron chi connectivity index (χ2n) is 10.0. The summed E-state index contributed by atoms with van der Waals surface area (Å²) in [5.41, 5.74) is 3.24. The number of aliphatic carboxylic acids is 1. The lowest BCUT2D eigenvalue weighted by Crippen LogP contribution is -2.42. The third-order valence-corrected chi connectivity index (χ3v) is 6.88. The zero-order chi connectivity index (χ0) is 29.3. The van der Waals surface area contributed by atoms with Crippen molar-refractivity contribution in [2.24, 2.45) is 7.05 Å². The number of carboxylic acids is 1. The Morgan fingerprint density at radius 1 is 1.07 bits per heavy atom. The highest BCUT2D eigenvalue weighted by atomic mass is 16.4. The molecule has 1 fully saturated rings. The summed E-state index contributed by atoms with van der Waals surface area (Å²) in [4.78, 5) is 32.4. The van der Waals surface area contributed by atoms with Gasteiger partial charge in [0.05, 0.1) is 18.2 Å². The highest BCUT2D eigenvalue weighted by Gasteiger charge is 2.21. The topological polar surface area (TPSA) is 169 Å². The van der Waals surface area contributed by atoms with Crippen LogP contribution < -0.4 is 21.3 Å². The van der Waals surface area contributed by atoms with Crippen LogP contribution in [0, 0.1) is 11.3 Å². The molecule has 5 rings (SSSR count). The van der Waals surface area contributed by atoms with Crippen LogP contribution in [0.15, 0.2) is 60.9 Å². The van der Waals surface area contributed by atoms with Crippen molar-refractivity contribution in [1.82, 2.24) is 34.7 Å². The summed E-state index contributed by atoms with van der Waals surface area (Å²) in [7, 11) is 1.89. The number of nitrogens with zero attached hydrogens (tertiary/aromatic N) is 7. The van der Waals surface area contributed by atoms with Crippen molar-refractivity contribution >= 4 is 29.5 Å². The second kappa shape index (κ2) is 13.5. The monoisotopic (exact) mass is 567 g/mol. The molecule has 4 aromatic rings. The Kier molecular flexibility index (Phi) is 9.17. The minimum Gasteiger partial charge on any atom is -0.480 e. The molecule has 216 valence electrons. The SMILES string of the molecule is Cn1ccnc1CNc1nc(Nc2cccc(CN3CCNCC3)c2)nc(NC(Cc2ccc(C#N)cc2)C(=O)O)n1. The number of carboxylic acid groups (broad SMARTS) is 1. The van der Waals surface area contributed by atoms with Crippen molar-refractivity contribution < 1.29 is 9.90 Å². The molecule has 1 unspecified atom stereocenters. The third-order valence-electron chi connectivity index (χ3n) is 6.88. The number of anilines is 4. The highest BCUT2D eigenvalue weighted by molar-refractivity contribution is 5.77. The first-order valence-electron chi connectivity index (χ1n) is 13.7. The Hall–Kier alpha value is -5.06. The molecule has 2 aromatic carbocycles. The fourth-order valence-corrected chi connectivity index (χ4v) is 4.61. The molecule has 0 aliphatic carbocycles. The normalized spacial score (nSPS) is 14.1. The summed E-state index contributed by atoms with van der Waals surface area (Å²) >= 11 is 0. The number of nitrogens with one attached hydrogen (secondary N) is 4. The van der Waals surface area contributed by atoms with Crippen molar-refractivity contribution in [2.45, 2.75) is 25.6 Å². The van der Waals surface area contributed by atoms with E-state index in [0.29, 0.717) is 12.1 Å². The van der Waals surface area contributed by atoms with E-state index >= 15 is 0 Å².